The fraction of sp³-hybridized carbons (Fsp3) is 0.619. The van der Waals surface area contributed by atoms with E-state index in [9.17, 15) is 0 Å². The molecule has 1 aromatic rings. The fourth-order valence-electron chi connectivity index (χ4n) is 2.79. The predicted molar refractivity (Wildman–Crippen MR) is 96.7 cm³/mol. The Balaban J connectivity index is 3.51. The molecular weight excluding hydrogens is 268 g/mol. The Morgan fingerprint density at radius 3 is 1.77 bits per heavy atom. The van der Waals surface area contributed by atoms with Crippen molar-refractivity contribution in [2.45, 2.75) is 72.6 Å². The molecule has 0 heterocycles. The van der Waals surface area contributed by atoms with Gasteiger partial charge in [0.2, 0.25) is 0 Å². The molecule has 1 heteroatoms. The van der Waals surface area contributed by atoms with Gasteiger partial charge < -0.3 is 4.74 Å². The summed E-state index contributed by atoms with van der Waals surface area (Å²) in [6.45, 7) is 17.6. The lowest BCUT2D eigenvalue weighted by atomic mass is 9.77. The average Bonchev–Trinajstić information content (AvgIpc) is 2.35. The van der Waals surface area contributed by atoms with Gasteiger partial charge in [-0.2, -0.15) is 0 Å². The van der Waals surface area contributed by atoms with Crippen LogP contribution >= 0.6 is 0 Å². The molecule has 122 valence electrons. The van der Waals surface area contributed by atoms with E-state index in [1.165, 1.54) is 16.7 Å². The summed E-state index contributed by atoms with van der Waals surface area (Å²) in [5, 5.41) is 0. The molecule has 0 N–H and O–H groups in total. The Kier molecular flexibility index (Phi) is 5.74. The van der Waals surface area contributed by atoms with E-state index in [4.69, 9.17) is 4.74 Å². The molecule has 1 aromatic carbocycles. The number of benzene rings is 1. The molecule has 0 spiro atoms. The van der Waals surface area contributed by atoms with Crippen molar-refractivity contribution in [2.24, 2.45) is 5.92 Å². The van der Waals surface area contributed by atoms with Gasteiger partial charge in [-0.15, -0.1) is 11.8 Å². The number of hydrogen-bond acceptors (Lipinski definition) is 1. The quantitative estimate of drug-likeness (QED) is 0.670. The second-order valence-electron chi connectivity index (χ2n) is 8.22. The van der Waals surface area contributed by atoms with Gasteiger partial charge >= 0.3 is 0 Å². The third-order valence-electron chi connectivity index (χ3n) is 3.90. The molecule has 1 atom stereocenters. The van der Waals surface area contributed by atoms with Crippen molar-refractivity contribution in [3.05, 3.63) is 28.8 Å². The first-order valence-corrected chi connectivity index (χ1v) is 8.14. The molecule has 0 aliphatic rings. The molecule has 1 nitrogen and oxygen atoms in total. The van der Waals surface area contributed by atoms with Gasteiger partial charge in [0.05, 0.1) is 7.11 Å². The summed E-state index contributed by atoms with van der Waals surface area (Å²) in [6, 6.07) is 4.61. The van der Waals surface area contributed by atoms with Gasteiger partial charge in [-0.25, -0.2) is 0 Å². The van der Waals surface area contributed by atoms with Gasteiger partial charge in [-0.05, 0) is 29.7 Å². The third-order valence-corrected chi connectivity index (χ3v) is 3.90. The maximum absolute atomic E-state index is 5.81. The molecule has 0 bridgehead atoms. The lowest BCUT2D eigenvalue weighted by molar-refractivity contribution is 0.381. The van der Waals surface area contributed by atoms with Crippen LogP contribution < -0.4 is 4.74 Å². The van der Waals surface area contributed by atoms with Crippen molar-refractivity contribution in [2.75, 3.05) is 7.11 Å². The van der Waals surface area contributed by atoms with Crippen LogP contribution in [-0.4, -0.2) is 7.11 Å². The fourth-order valence-corrected chi connectivity index (χ4v) is 2.79. The van der Waals surface area contributed by atoms with Crippen LogP contribution in [0.5, 0.6) is 5.75 Å². The molecule has 0 saturated heterocycles. The molecule has 0 aliphatic heterocycles. The van der Waals surface area contributed by atoms with Gasteiger partial charge in [0.1, 0.15) is 5.75 Å². The van der Waals surface area contributed by atoms with E-state index in [2.05, 4.69) is 72.4 Å². The highest BCUT2D eigenvalue weighted by molar-refractivity contribution is 5.51. The number of hydrogen-bond donors (Lipinski definition) is 0. The lowest BCUT2D eigenvalue weighted by Gasteiger charge is -2.30. The SMILES string of the molecule is CC#CC(C)Cc1cc(C(C)(C)C)c(OC)c(C(C)(C)C)c1. The summed E-state index contributed by atoms with van der Waals surface area (Å²) in [7, 11) is 1.78. The summed E-state index contributed by atoms with van der Waals surface area (Å²) >= 11 is 0. The first-order chi connectivity index (χ1) is 10.0. The second-order valence-corrected chi connectivity index (χ2v) is 8.22. The van der Waals surface area contributed by atoms with Crippen molar-refractivity contribution < 1.29 is 4.74 Å². The number of ether oxygens (including phenoxy) is 1. The normalized spacial score (nSPS) is 13.3. The van der Waals surface area contributed by atoms with Gasteiger partial charge in [0.15, 0.2) is 0 Å². The Morgan fingerprint density at radius 1 is 1.00 bits per heavy atom. The van der Waals surface area contributed by atoms with Crippen LogP contribution in [0, 0.1) is 17.8 Å². The minimum atomic E-state index is 0.0566. The van der Waals surface area contributed by atoms with Crippen molar-refractivity contribution in [1.82, 2.24) is 0 Å². The van der Waals surface area contributed by atoms with Crippen LogP contribution in [0.15, 0.2) is 12.1 Å². The highest BCUT2D eigenvalue weighted by Crippen LogP contribution is 2.40. The molecule has 22 heavy (non-hydrogen) atoms. The molecule has 0 amide bonds. The lowest BCUT2D eigenvalue weighted by Crippen LogP contribution is -2.20. The highest BCUT2D eigenvalue weighted by atomic mass is 16.5. The minimum Gasteiger partial charge on any atom is -0.496 e. The standard InChI is InChI=1S/C21H32O/c1-10-11-15(2)12-16-13-17(20(3,4)5)19(22-9)18(14-16)21(6,7)8/h13-15H,12H2,1-9H3. The van der Waals surface area contributed by atoms with Crippen molar-refractivity contribution in [3.8, 4) is 17.6 Å². The summed E-state index contributed by atoms with van der Waals surface area (Å²) in [4.78, 5) is 0. The van der Waals surface area contributed by atoms with Crippen molar-refractivity contribution in [3.63, 3.8) is 0 Å². The first-order valence-electron chi connectivity index (χ1n) is 8.14. The summed E-state index contributed by atoms with van der Waals surface area (Å²) in [6.07, 6.45) is 0.983. The maximum Gasteiger partial charge on any atom is 0.126 e. The minimum absolute atomic E-state index is 0.0566. The van der Waals surface area contributed by atoms with Crippen LogP contribution in [0.4, 0.5) is 0 Å². The van der Waals surface area contributed by atoms with Crippen LogP contribution in [0.25, 0.3) is 0 Å². The second kappa shape index (κ2) is 6.78. The van der Waals surface area contributed by atoms with E-state index in [0.717, 1.165) is 12.2 Å². The zero-order chi connectivity index (χ0) is 17.1. The maximum atomic E-state index is 5.81. The monoisotopic (exact) mass is 300 g/mol. The van der Waals surface area contributed by atoms with E-state index in [1.54, 1.807) is 7.11 Å². The topological polar surface area (TPSA) is 9.23 Å². The first kappa shape index (κ1) is 18.6. The van der Waals surface area contributed by atoms with Gasteiger partial charge in [-0.3, -0.25) is 0 Å². The Hall–Kier alpha value is -1.42. The van der Waals surface area contributed by atoms with E-state index in [0.29, 0.717) is 5.92 Å². The Morgan fingerprint density at radius 2 is 1.45 bits per heavy atom. The van der Waals surface area contributed by atoms with E-state index in [-0.39, 0.29) is 10.8 Å². The van der Waals surface area contributed by atoms with Crippen LogP contribution in [0.3, 0.4) is 0 Å². The van der Waals surface area contributed by atoms with E-state index in [1.807, 2.05) is 6.92 Å². The smallest absolute Gasteiger partial charge is 0.126 e. The number of rotatable bonds is 3. The molecule has 0 fully saturated rings. The Labute approximate surface area is 137 Å². The van der Waals surface area contributed by atoms with Crippen LogP contribution in [-0.2, 0) is 17.3 Å². The van der Waals surface area contributed by atoms with E-state index >= 15 is 0 Å². The zero-order valence-electron chi connectivity index (χ0n) is 15.8. The summed E-state index contributed by atoms with van der Waals surface area (Å²) in [5.41, 5.74) is 4.04. The largest absolute Gasteiger partial charge is 0.496 e. The predicted octanol–water partition coefficient (Wildman–Crippen LogP) is 5.49. The molecule has 1 rings (SSSR count). The van der Waals surface area contributed by atoms with E-state index < -0.39 is 0 Å². The van der Waals surface area contributed by atoms with Crippen LogP contribution in [0.1, 0.15) is 72.1 Å². The summed E-state index contributed by atoms with van der Waals surface area (Å²) in [5.74, 6) is 7.70. The van der Waals surface area contributed by atoms with Crippen molar-refractivity contribution in [1.29, 1.82) is 0 Å². The molecule has 0 saturated carbocycles. The van der Waals surface area contributed by atoms with Crippen LogP contribution in [0.2, 0.25) is 0 Å². The number of methoxy groups -OCH3 is 1. The molecular formula is C21H32O. The molecule has 0 radical (unpaired) electrons. The third kappa shape index (κ3) is 4.54. The molecule has 1 unspecified atom stereocenters. The van der Waals surface area contributed by atoms with Crippen molar-refractivity contribution >= 4 is 0 Å². The Bertz CT molecular complexity index is 536. The van der Waals surface area contributed by atoms with Gasteiger partial charge in [0, 0.05) is 17.0 Å². The summed E-state index contributed by atoms with van der Waals surface area (Å²) < 4.78 is 5.81. The van der Waals surface area contributed by atoms with Gasteiger partial charge in [-0.1, -0.05) is 60.6 Å². The average molecular weight is 300 g/mol. The molecule has 0 aliphatic carbocycles. The zero-order valence-corrected chi connectivity index (χ0v) is 15.8. The molecule has 0 aromatic heterocycles. The van der Waals surface area contributed by atoms with Gasteiger partial charge in [0.25, 0.3) is 0 Å². The highest BCUT2D eigenvalue weighted by Gasteiger charge is 2.27.